The lowest BCUT2D eigenvalue weighted by atomic mass is 9.87. The number of carbonyl (C=O) groups is 1. The molecule has 0 aliphatic carbocycles. The molecular weight excluding hydrogens is 394 g/mol. The fraction of sp³-hybridized carbons (Fsp3) is 0.458. The Morgan fingerprint density at radius 3 is 1.73 bits per heavy atom. The van der Waals surface area contributed by atoms with E-state index >= 15 is 0 Å². The molecule has 6 heteroatoms. The zero-order valence-corrected chi connectivity index (χ0v) is 20.2. The molecule has 0 radical (unpaired) electrons. The predicted molar refractivity (Wildman–Crippen MR) is 123 cm³/mol. The van der Waals surface area contributed by atoms with E-state index in [4.69, 9.17) is 9.26 Å². The summed E-state index contributed by atoms with van der Waals surface area (Å²) in [4.78, 5) is 18.5. The van der Waals surface area contributed by atoms with Crippen LogP contribution >= 0.6 is 0 Å². The number of aliphatic hydroxyl groups excluding tert-OH is 1. The highest BCUT2D eigenvalue weighted by Crippen LogP contribution is 2.40. The van der Waals surface area contributed by atoms with E-state index in [2.05, 4.69) is 45.0 Å². The van der Waals surface area contributed by atoms with Gasteiger partial charge in [0.2, 0.25) is 0 Å². The normalized spacial score (nSPS) is 13.7. The molecule has 0 bridgehead atoms. The van der Waals surface area contributed by atoms with E-state index in [1.807, 2.05) is 50.2 Å². The monoisotopic (exact) mass is 429 g/mol. The lowest BCUT2D eigenvalue weighted by molar-refractivity contribution is -0.183. The first-order chi connectivity index (χ1) is 14.0. The number of rotatable bonds is 8. The van der Waals surface area contributed by atoms with Gasteiger partial charge in [-0.3, -0.25) is 9.63 Å². The molecule has 1 atom stereocenters. The van der Waals surface area contributed by atoms with Gasteiger partial charge in [0.15, 0.2) is 0 Å². The minimum absolute atomic E-state index is 0.195. The third-order valence-corrected chi connectivity index (χ3v) is 10.6. The average Bonchev–Trinajstić information content (AvgIpc) is 2.73. The topological polar surface area (TPSA) is 59.0 Å². The average molecular weight is 430 g/mol. The second kappa shape index (κ2) is 9.43. The van der Waals surface area contributed by atoms with Gasteiger partial charge in [0.05, 0.1) is 13.7 Å². The van der Waals surface area contributed by atoms with Crippen LogP contribution in [0.4, 0.5) is 0 Å². The van der Waals surface area contributed by atoms with Gasteiger partial charge in [-0.15, -0.1) is 0 Å². The van der Waals surface area contributed by atoms with Crippen LogP contribution in [0.1, 0.15) is 34.6 Å². The summed E-state index contributed by atoms with van der Waals surface area (Å²) in [7, 11) is 0.0411. The molecule has 0 aliphatic heterocycles. The van der Waals surface area contributed by atoms with E-state index < -0.39 is 19.8 Å². The highest BCUT2D eigenvalue weighted by atomic mass is 28.4. The van der Waals surface area contributed by atoms with Crippen molar-refractivity contribution in [2.24, 2.45) is 5.41 Å². The van der Waals surface area contributed by atoms with Crippen LogP contribution in [0.5, 0.6) is 0 Å². The Labute approximate surface area is 181 Å². The van der Waals surface area contributed by atoms with Crippen molar-refractivity contribution < 1.29 is 19.2 Å². The van der Waals surface area contributed by atoms with Crippen molar-refractivity contribution in [3.63, 3.8) is 0 Å². The quantitative estimate of drug-likeness (QED) is 0.518. The van der Waals surface area contributed by atoms with E-state index in [-0.39, 0.29) is 17.6 Å². The fourth-order valence-electron chi connectivity index (χ4n) is 3.75. The SMILES string of the molecule is CON(C)C(=O)[C@H](O[Si](c1ccccc1)(c1ccccc1)C(C)(C)C)C(C)(C)CO. The third kappa shape index (κ3) is 4.67. The van der Waals surface area contributed by atoms with Crippen LogP contribution in [0.2, 0.25) is 5.04 Å². The molecule has 30 heavy (non-hydrogen) atoms. The lowest BCUT2D eigenvalue weighted by Crippen LogP contribution is -2.70. The number of aliphatic hydroxyl groups is 1. The lowest BCUT2D eigenvalue weighted by Gasteiger charge is -2.47. The van der Waals surface area contributed by atoms with E-state index in [0.717, 1.165) is 10.4 Å². The molecule has 2 aromatic carbocycles. The number of hydrogen-bond acceptors (Lipinski definition) is 4. The number of benzene rings is 2. The van der Waals surface area contributed by atoms with Gasteiger partial charge >= 0.3 is 0 Å². The van der Waals surface area contributed by atoms with Gasteiger partial charge < -0.3 is 9.53 Å². The van der Waals surface area contributed by atoms with E-state index in [1.54, 1.807) is 7.05 Å². The summed E-state index contributed by atoms with van der Waals surface area (Å²) in [5, 5.41) is 13.2. The van der Waals surface area contributed by atoms with Crippen LogP contribution in [0.15, 0.2) is 60.7 Å². The first-order valence-corrected chi connectivity index (χ1v) is 12.1. The molecule has 0 saturated heterocycles. The first-order valence-electron chi connectivity index (χ1n) is 10.2. The Balaban J connectivity index is 2.79. The van der Waals surface area contributed by atoms with Gasteiger partial charge in [0.25, 0.3) is 14.2 Å². The summed E-state index contributed by atoms with van der Waals surface area (Å²) in [5.41, 5.74) is -0.809. The van der Waals surface area contributed by atoms with Gasteiger partial charge in [0.1, 0.15) is 6.10 Å². The van der Waals surface area contributed by atoms with Crippen LogP contribution in [-0.4, -0.2) is 51.3 Å². The minimum Gasteiger partial charge on any atom is -0.396 e. The van der Waals surface area contributed by atoms with Gasteiger partial charge in [-0.1, -0.05) is 95.3 Å². The summed E-state index contributed by atoms with van der Waals surface area (Å²) in [6, 6.07) is 20.3. The maximum Gasteiger partial charge on any atom is 0.274 e. The molecule has 0 spiro atoms. The number of nitrogens with zero attached hydrogens (tertiary/aromatic N) is 1. The minimum atomic E-state index is -2.97. The number of carbonyl (C=O) groups excluding carboxylic acids is 1. The molecule has 2 aromatic rings. The number of amides is 1. The molecule has 0 unspecified atom stereocenters. The van der Waals surface area contributed by atoms with Crippen molar-refractivity contribution in [2.45, 2.75) is 45.8 Å². The molecule has 0 heterocycles. The van der Waals surface area contributed by atoms with E-state index in [0.29, 0.717) is 0 Å². The summed E-state index contributed by atoms with van der Waals surface area (Å²) in [5.74, 6) is -0.315. The van der Waals surface area contributed by atoms with Crippen molar-refractivity contribution >= 4 is 24.6 Å². The smallest absolute Gasteiger partial charge is 0.274 e. The second-order valence-electron chi connectivity index (χ2n) is 9.33. The Bertz CT molecular complexity index is 779. The van der Waals surface area contributed by atoms with Crippen molar-refractivity contribution in [3.05, 3.63) is 60.7 Å². The molecule has 0 saturated carbocycles. The molecule has 0 aromatic heterocycles. The Morgan fingerprint density at radius 1 is 0.967 bits per heavy atom. The van der Waals surface area contributed by atoms with Crippen LogP contribution in [0.3, 0.4) is 0 Å². The van der Waals surface area contributed by atoms with Gasteiger partial charge in [0, 0.05) is 12.5 Å². The molecule has 2 rings (SSSR count). The predicted octanol–water partition coefficient (Wildman–Crippen LogP) is 2.97. The molecule has 164 valence electrons. The van der Waals surface area contributed by atoms with Crippen LogP contribution in [-0.2, 0) is 14.1 Å². The first kappa shape index (κ1) is 24.3. The second-order valence-corrected chi connectivity index (χ2v) is 13.6. The van der Waals surface area contributed by atoms with Crippen LogP contribution in [0, 0.1) is 5.41 Å². The Kier molecular flexibility index (Phi) is 7.63. The maximum atomic E-state index is 13.3. The standard InChI is InChI=1S/C24H35NO4Si/c1-23(2,3)30(19-14-10-8-11-15-19,20-16-12-9-13-17-20)29-21(24(4,5)18-26)22(27)25(6)28-7/h8-17,21,26H,18H2,1-7H3/t21-/m0/s1. The highest BCUT2D eigenvalue weighted by molar-refractivity contribution is 6.99. The summed E-state index contributed by atoms with van der Waals surface area (Å²) < 4.78 is 7.02. The van der Waals surface area contributed by atoms with Crippen molar-refractivity contribution in [1.29, 1.82) is 0 Å². The largest absolute Gasteiger partial charge is 0.396 e. The van der Waals surface area contributed by atoms with Crippen molar-refractivity contribution in [2.75, 3.05) is 20.8 Å². The summed E-state index contributed by atoms with van der Waals surface area (Å²) in [6.45, 7) is 9.97. The van der Waals surface area contributed by atoms with Crippen LogP contribution < -0.4 is 10.4 Å². The highest BCUT2D eigenvalue weighted by Gasteiger charge is 2.54. The number of likely N-dealkylation sites (N-methyl/N-ethyl adjacent to an activating group) is 1. The van der Waals surface area contributed by atoms with Gasteiger partial charge in [-0.2, -0.15) is 0 Å². The summed E-state index contributed by atoms with van der Waals surface area (Å²) in [6.07, 6.45) is -0.890. The Morgan fingerprint density at radius 2 is 1.40 bits per heavy atom. The van der Waals surface area contributed by atoms with Crippen LogP contribution in [0.25, 0.3) is 0 Å². The molecule has 0 fully saturated rings. The fourth-order valence-corrected chi connectivity index (χ4v) is 8.54. The maximum absolute atomic E-state index is 13.3. The zero-order chi connectivity index (χ0) is 22.6. The Hall–Kier alpha value is -1.99. The van der Waals surface area contributed by atoms with Gasteiger partial charge in [-0.25, -0.2) is 5.06 Å². The van der Waals surface area contributed by atoms with Crippen molar-refractivity contribution in [3.8, 4) is 0 Å². The number of hydrogen-bond donors (Lipinski definition) is 1. The molecule has 5 nitrogen and oxygen atoms in total. The van der Waals surface area contributed by atoms with E-state index in [1.165, 1.54) is 12.2 Å². The third-order valence-electron chi connectivity index (χ3n) is 5.64. The van der Waals surface area contributed by atoms with E-state index in [9.17, 15) is 9.90 Å². The summed E-state index contributed by atoms with van der Waals surface area (Å²) >= 11 is 0. The zero-order valence-electron chi connectivity index (χ0n) is 19.2. The molecule has 1 N–H and O–H groups in total. The molecule has 0 aliphatic rings. The molecule has 1 amide bonds. The molecular formula is C24H35NO4Si. The number of hydroxylamine groups is 2. The van der Waals surface area contributed by atoms with Crippen molar-refractivity contribution in [1.82, 2.24) is 5.06 Å². The van der Waals surface area contributed by atoms with Gasteiger partial charge in [-0.05, 0) is 15.4 Å².